The van der Waals surface area contributed by atoms with Crippen LogP contribution in [0.5, 0.6) is 0 Å². The van der Waals surface area contributed by atoms with Crippen LogP contribution in [-0.4, -0.2) is 35.9 Å². The minimum absolute atomic E-state index is 0.0147. The van der Waals surface area contributed by atoms with E-state index < -0.39 is 0 Å². The van der Waals surface area contributed by atoms with Crippen LogP contribution in [0.2, 0.25) is 0 Å². The predicted molar refractivity (Wildman–Crippen MR) is 148 cm³/mol. The minimum Gasteiger partial charge on any atom is -0.383 e. The summed E-state index contributed by atoms with van der Waals surface area (Å²) < 4.78 is 15.2. The van der Waals surface area contributed by atoms with Gasteiger partial charge in [-0.15, -0.1) is 9.24 Å². The van der Waals surface area contributed by atoms with Crippen LogP contribution in [-0.2, 0) is 4.79 Å². The molecule has 6 heteroatoms. The molecule has 4 rings (SSSR count). The maximum absolute atomic E-state index is 15.2. The standard InChI is InChI=1S/C29H43FN3OP/c1-7-9-24(20(3)32-21(4)25-10-8-11-26(22(5)35)28(25)30)27(16-19(2)34)31-18-29(6)17-23-12-14-33(29)15-13-23/h8-11,16,21-23,31-32H,3,7,12-15,17-18,35H2,1-2,4-6H3/b24-9-,27-16+/t21-,22?,29+/m1/s1. The minimum atomic E-state index is -0.275. The van der Waals surface area contributed by atoms with Gasteiger partial charge in [0.05, 0.1) is 6.04 Å². The summed E-state index contributed by atoms with van der Waals surface area (Å²) in [5, 5.41) is 7.02. The van der Waals surface area contributed by atoms with E-state index in [4.69, 9.17) is 0 Å². The highest BCUT2D eigenvalue weighted by Crippen LogP contribution is 2.39. The molecular weight excluding hydrogens is 456 g/mol. The van der Waals surface area contributed by atoms with Gasteiger partial charge in [0.2, 0.25) is 0 Å². The highest BCUT2D eigenvalue weighted by molar-refractivity contribution is 7.17. The van der Waals surface area contributed by atoms with Crippen molar-refractivity contribution in [2.75, 3.05) is 19.6 Å². The molecule has 3 fully saturated rings. The highest BCUT2D eigenvalue weighted by Gasteiger charge is 2.42. The number of nitrogens with zero attached hydrogens (tertiary/aromatic N) is 1. The van der Waals surface area contributed by atoms with Crippen molar-refractivity contribution in [3.05, 3.63) is 70.8 Å². The van der Waals surface area contributed by atoms with E-state index in [2.05, 4.69) is 51.3 Å². The first kappa shape index (κ1) is 27.6. The fraction of sp³-hybridized carbons (Fsp3) is 0.552. The molecule has 2 N–H and O–H groups in total. The van der Waals surface area contributed by atoms with Crippen LogP contribution in [0.25, 0.3) is 0 Å². The second-order valence-electron chi connectivity index (χ2n) is 10.6. The molecule has 3 heterocycles. The monoisotopic (exact) mass is 499 g/mol. The fourth-order valence-electron chi connectivity index (χ4n) is 5.60. The van der Waals surface area contributed by atoms with Gasteiger partial charge in [0.25, 0.3) is 0 Å². The lowest BCUT2D eigenvalue weighted by Gasteiger charge is -2.53. The molecule has 0 amide bonds. The molecule has 3 aliphatic heterocycles. The van der Waals surface area contributed by atoms with Crippen LogP contribution in [0, 0.1) is 11.7 Å². The number of rotatable bonds is 11. The summed E-state index contributed by atoms with van der Waals surface area (Å²) in [7, 11) is 2.66. The maximum atomic E-state index is 15.2. The second kappa shape index (κ2) is 11.8. The summed E-state index contributed by atoms with van der Waals surface area (Å²) in [5.74, 6) is 0.597. The van der Waals surface area contributed by atoms with Crippen molar-refractivity contribution in [2.24, 2.45) is 5.92 Å². The van der Waals surface area contributed by atoms with Crippen LogP contribution in [0.15, 0.2) is 53.9 Å². The van der Waals surface area contributed by atoms with Crippen LogP contribution in [0.1, 0.15) is 83.1 Å². The zero-order chi connectivity index (χ0) is 25.8. The molecule has 2 bridgehead atoms. The van der Waals surface area contributed by atoms with Crippen molar-refractivity contribution in [1.29, 1.82) is 0 Å². The van der Waals surface area contributed by atoms with Crippen molar-refractivity contribution in [3.63, 3.8) is 0 Å². The Morgan fingerprint density at radius 2 is 1.97 bits per heavy atom. The quantitative estimate of drug-likeness (QED) is 0.216. The Hall–Kier alpha value is -1.97. The molecule has 3 saturated heterocycles. The number of carbonyl (C=O) groups is 1. The summed E-state index contributed by atoms with van der Waals surface area (Å²) >= 11 is 0. The zero-order valence-corrected chi connectivity index (χ0v) is 23.2. The van der Waals surface area contributed by atoms with Gasteiger partial charge in [-0.05, 0) is 76.7 Å². The van der Waals surface area contributed by atoms with E-state index >= 15 is 4.39 Å². The molecule has 1 aromatic carbocycles. The van der Waals surface area contributed by atoms with Crippen LogP contribution in [0.3, 0.4) is 0 Å². The molecule has 0 saturated carbocycles. The van der Waals surface area contributed by atoms with Crippen LogP contribution >= 0.6 is 9.24 Å². The summed E-state index contributed by atoms with van der Waals surface area (Å²) in [5.41, 5.74) is 3.72. The number of halogens is 1. The lowest BCUT2D eigenvalue weighted by molar-refractivity contribution is -0.112. The van der Waals surface area contributed by atoms with Gasteiger partial charge in [0, 0.05) is 40.7 Å². The molecule has 0 aromatic heterocycles. The maximum Gasteiger partial charge on any atom is 0.154 e. The Bertz CT molecular complexity index is 994. The van der Waals surface area contributed by atoms with E-state index in [9.17, 15) is 4.79 Å². The zero-order valence-electron chi connectivity index (χ0n) is 22.1. The Kier molecular flexibility index (Phi) is 9.34. The molecule has 4 nitrogen and oxygen atoms in total. The Morgan fingerprint density at radius 1 is 1.31 bits per heavy atom. The smallest absolute Gasteiger partial charge is 0.154 e. The van der Waals surface area contributed by atoms with Gasteiger partial charge >= 0.3 is 0 Å². The number of ketones is 1. The van der Waals surface area contributed by atoms with E-state index in [1.54, 1.807) is 13.0 Å². The molecule has 2 unspecified atom stereocenters. The van der Waals surface area contributed by atoms with Gasteiger partial charge in [0.1, 0.15) is 5.82 Å². The number of piperidine rings is 3. The van der Waals surface area contributed by atoms with Crippen LogP contribution < -0.4 is 10.6 Å². The number of carbonyl (C=O) groups excluding carboxylic acids is 1. The van der Waals surface area contributed by atoms with Crippen LogP contribution in [0.4, 0.5) is 4.39 Å². The van der Waals surface area contributed by atoms with E-state index in [1.807, 2.05) is 32.0 Å². The number of hydrogen-bond donors (Lipinski definition) is 2. The average Bonchev–Trinajstić information content (AvgIpc) is 2.80. The number of allylic oxidation sites excluding steroid dienone is 2. The molecule has 35 heavy (non-hydrogen) atoms. The molecule has 4 atom stereocenters. The van der Waals surface area contributed by atoms with E-state index in [0.717, 1.165) is 43.2 Å². The molecular formula is C29H43FN3OP. The number of nitrogens with one attached hydrogen (secondary N) is 2. The summed E-state index contributed by atoms with van der Waals surface area (Å²) in [6.45, 7) is 17.2. The molecule has 3 aliphatic rings. The van der Waals surface area contributed by atoms with Crippen molar-refractivity contribution < 1.29 is 9.18 Å². The normalized spacial score (nSPS) is 26.3. The van der Waals surface area contributed by atoms with Gasteiger partial charge < -0.3 is 10.6 Å². The molecule has 0 aliphatic carbocycles. The topological polar surface area (TPSA) is 44.4 Å². The first-order valence-electron chi connectivity index (χ1n) is 13.0. The lowest BCUT2D eigenvalue weighted by atomic mass is 9.75. The third kappa shape index (κ3) is 6.62. The van der Waals surface area contributed by atoms with E-state index in [0.29, 0.717) is 16.8 Å². The third-order valence-corrected chi connectivity index (χ3v) is 7.90. The first-order valence-corrected chi connectivity index (χ1v) is 13.6. The molecule has 192 valence electrons. The largest absolute Gasteiger partial charge is 0.383 e. The van der Waals surface area contributed by atoms with E-state index in [1.165, 1.54) is 19.3 Å². The second-order valence-corrected chi connectivity index (χ2v) is 11.6. The predicted octanol–water partition coefficient (Wildman–Crippen LogP) is 6.20. The van der Waals surface area contributed by atoms with Gasteiger partial charge in [-0.25, -0.2) is 4.39 Å². The molecule has 1 aromatic rings. The first-order chi connectivity index (χ1) is 16.6. The molecule has 0 spiro atoms. The number of fused-ring (bicyclic) bond motifs is 3. The summed E-state index contributed by atoms with van der Waals surface area (Å²) in [6, 6.07) is 5.27. The Morgan fingerprint density at radius 3 is 2.51 bits per heavy atom. The summed E-state index contributed by atoms with van der Waals surface area (Å²) in [6.07, 6.45) is 8.30. The fourth-order valence-corrected chi connectivity index (χ4v) is 5.85. The Balaban J connectivity index is 1.79. The number of benzene rings is 1. The van der Waals surface area contributed by atoms with Crippen molar-refractivity contribution in [2.45, 2.75) is 77.5 Å². The lowest BCUT2D eigenvalue weighted by Crippen LogP contribution is -2.60. The van der Waals surface area contributed by atoms with Gasteiger partial charge in [-0.1, -0.05) is 44.7 Å². The van der Waals surface area contributed by atoms with Gasteiger partial charge in [-0.3, -0.25) is 9.69 Å². The van der Waals surface area contributed by atoms with Gasteiger partial charge in [0.15, 0.2) is 5.78 Å². The summed E-state index contributed by atoms with van der Waals surface area (Å²) in [4.78, 5) is 14.8. The Labute approximate surface area is 213 Å². The van der Waals surface area contributed by atoms with E-state index in [-0.39, 0.29) is 28.8 Å². The van der Waals surface area contributed by atoms with Crippen molar-refractivity contribution >= 4 is 15.0 Å². The number of hydrogen-bond acceptors (Lipinski definition) is 4. The van der Waals surface area contributed by atoms with Crippen molar-refractivity contribution in [1.82, 2.24) is 15.5 Å². The van der Waals surface area contributed by atoms with Gasteiger partial charge in [-0.2, -0.15) is 0 Å². The highest BCUT2D eigenvalue weighted by atomic mass is 31.0. The van der Waals surface area contributed by atoms with Crippen molar-refractivity contribution in [3.8, 4) is 0 Å². The SMILES string of the molecule is C=C(N[C@H](C)c1cccc(C(C)P)c1F)C(=C/CC)/C(=C\C(C)=O)NC[C@]1(C)CC2CCN1CC2. The third-order valence-electron chi connectivity index (χ3n) is 7.54. The average molecular weight is 500 g/mol. The molecule has 0 radical (unpaired) electrons.